The van der Waals surface area contributed by atoms with Gasteiger partial charge in [0.2, 0.25) is 0 Å². The fraction of sp³-hybridized carbons (Fsp3) is 0.353. The zero-order valence-corrected chi connectivity index (χ0v) is 14.6. The molecule has 1 aliphatic rings. The van der Waals surface area contributed by atoms with Gasteiger partial charge in [-0.2, -0.15) is 0 Å². The summed E-state index contributed by atoms with van der Waals surface area (Å²) in [5.41, 5.74) is -0.118. The first kappa shape index (κ1) is 18.1. The third kappa shape index (κ3) is 4.45. The summed E-state index contributed by atoms with van der Waals surface area (Å²) >= 11 is 5.74. The van der Waals surface area contributed by atoms with Gasteiger partial charge in [0.05, 0.1) is 22.3 Å². The maximum absolute atomic E-state index is 12.4. The molecular weight excluding hydrogens is 360 g/mol. The van der Waals surface area contributed by atoms with Crippen molar-refractivity contribution in [1.29, 1.82) is 0 Å². The van der Waals surface area contributed by atoms with Crippen molar-refractivity contribution in [3.8, 4) is 6.01 Å². The minimum absolute atomic E-state index is 0.0320. The molecule has 136 valence electrons. The summed E-state index contributed by atoms with van der Waals surface area (Å²) in [5.74, 6) is -0.428. The molecule has 2 aromatic rings. The molecule has 0 atom stereocenters. The van der Waals surface area contributed by atoms with E-state index in [4.69, 9.17) is 16.3 Å². The van der Waals surface area contributed by atoms with Gasteiger partial charge in [0.1, 0.15) is 11.7 Å². The Kier molecular flexibility index (Phi) is 5.62. The highest BCUT2D eigenvalue weighted by Gasteiger charge is 2.26. The first-order chi connectivity index (χ1) is 12.5. The van der Waals surface area contributed by atoms with E-state index in [1.165, 1.54) is 30.6 Å². The lowest BCUT2D eigenvalue weighted by Gasteiger charge is -2.28. The van der Waals surface area contributed by atoms with Crippen LogP contribution in [0.15, 0.2) is 36.7 Å². The van der Waals surface area contributed by atoms with Gasteiger partial charge >= 0.3 is 6.01 Å². The topological polar surface area (TPSA) is 107 Å². The summed E-state index contributed by atoms with van der Waals surface area (Å²) in [6.45, 7) is 0. The molecule has 8 nitrogen and oxygen atoms in total. The second-order valence-electron chi connectivity index (χ2n) is 6.02. The Hall–Kier alpha value is -2.74. The van der Waals surface area contributed by atoms with E-state index in [0.717, 1.165) is 12.8 Å². The lowest BCUT2D eigenvalue weighted by Crippen LogP contribution is -2.40. The number of carbonyl (C=O) groups is 1. The Balaban J connectivity index is 1.53. The average Bonchev–Trinajstić information content (AvgIpc) is 2.65. The standard InChI is InChI=1S/C17H17ClN4O4/c18-11-9-19-17(20-10-11)26-13-7-5-12(6-8-13)21-16(23)14-3-1-2-4-15(14)22(24)25/h1-4,9-10,12-13H,5-8H2,(H,21,23). The largest absolute Gasteiger partial charge is 0.460 e. The fourth-order valence-corrected chi connectivity index (χ4v) is 3.02. The van der Waals surface area contributed by atoms with Crippen molar-refractivity contribution in [2.45, 2.75) is 37.8 Å². The Bertz CT molecular complexity index is 792. The molecule has 0 spiro atoms. The summed E-state index contributed by atoms with van der Waals surface area (Å²) < 4.78 is 5.72. The van der Waals surface area contributed by atoms with Gasteiger partial charge < -0.3 is 10.1 Å². The van der Waals surface area contributed by atoms with Crippen molar-refractivity contribution in [2.75, 3.05) is 0 Å². The van der Waals surface area contributed by atoms with Crippen LogP contribution in [0.25, 0.3) is 0 Å². The number of nitro benzene ring substituents is 1. The summed E-state index contributed by atoms with van der Waals surface area (Å²) in [4.78, 5) is 30.9. The monoisotopic (exact) mass is 376 g/mol. The number of para-hydroxylation sites is 1. The summed E-state index contributed by atoms with van der Waals surface area (Å²) in [6.07, 6.45) is 5.80. The number of carbonyl (C=O) groups excluding carboxylic acids is 1. The molecule has 0 radical (unpaired) electrons. The number of hydrogen-bond donors (Lipinski definition) is 1. The van der Waals surface area contributed by atoms with Gasteiger partial charge in [0.25, 0.3) is 11.6 Å². The molecule has 0 aliphatic heterocycles. The minimum atomic E-state index is -0.550. The van der Waals surface area contributed by atoms with Gasteiger partial charge in [-0.15, -0.1) is 0 Å². The van der Waals surface area contributed by atoms with E-state index in [-0.39, 0.29) is 29.4 Å². The molecule has 3 rings (SSSR count). The lowest BCUT2D eigenvalue weighted by atomic mass is 9.92. The molecule has 1 heterocycles. The number of nitro groups is 1. The summed E-state index contributed by atoms with van der Waals surface area (Å²) in [7, 11) is 0. The number of nitrogens with one attached hydrogen (secondary N) is 1. The molecule has 1 amide bonds. The van der Waals surface area contributed by atoms with E-state index in [1.54, 1.807) is 6.07 Å². The number of nitrogens with zero attached hydrogens (tertiary/aromatic N) is 3. The molecule has 26 heavy (non-hydrogen) atoms. The van der Waals surface area contributed by atoms with E-state index < -0.39 is 10.8 Å². The van der Waals surface area contributed by atoms with Gasteiger partial charge in [-0.25, -0.2) is 9.97 Å². The molecule has 1 fully saturated rings. The predicted molar refractivity (Wildman–Crippen MR) is 94.3 cm³/mol. The highest BCUT2D eigenvalue weighted by Crippen LogP contribution is 2.24. The normalized spacial score (nSPS) is 19.6. The fourth-order valence-electron chi connectivity index (χ4n) is 2.92. The average molecular weight is 377 g/mol. The van der Waals surface area contributed by atoms with Crippen LogP contribution < -0.4 is 10.1 Å². The maximum Gasteiger partial charge on any atom is 0.316 e. The van der Waals surface area contributed by atoms with Gasteiger partial charge in [-0.05, 0) is 31.7 Å². The van der Waals surface area contributed by atoms with Gasteiger partial charge in [-0.3, -0.25) is 14.9 Å². The summed E-state index contributed by atoms with van der Waals surface area (Å²) in [5, 5.41) is 14.4. The smallest absolute Gasteiger partial charge is 0.316 e. The molecule has 0 saturated heterocycles. The molecular formula is C17H17ClN4O4. The Labute approximate surface area is 154 Å². The molecule has 1 N–H and O–H groups in total. The number of halogens is 1. The molecule has 1 aromatic heterocycles. The quantitative estimate of drug-likeness (QED) is 0.634. The van der Waals surface area contributed by atoms with Crippen molar-refractivity contribution in [2.24, 2.45) is 0 Å². The number of benzene rings is 1. The molecule has 9 heteroatoms. The lowest BCUT2D eigenvalue weighted by molar-refractivity contribution is -0.385. The van der Waals surface area contributed by atoms with E-state index in [0.29, 0.717) is 17.9 Å². The number of aromatic nitrogens is 2. The molecule has 0 unspecified atom stereocenters. The van der Waals surface area contributed by atoms with Crippen LogP contribution >= 0.6 is 11.6 Å². The van der Waals surface area contributed by atoms with Gasteiger partial charge in [0.15, 0.2) is 0 Å². The number of ether oxygens (including phenoxy) is 1. The predicted octanol–water partition coefficient (Wildman–Crippen LogP) is 3.16. The highest BCUT2D eigenvalue weighted by molar-refractivity contribution is 6.30. The number of hydrogen-bond acceptors (Lipinski definition) is 6. The zero-order valence-electron chi connectivity index (χ0n) is 13.8. The third-order valence-electron chi connectivity index (χ3n) is 4.22. The third-order valence-corrected chi connectivity index (χ3v) is 4.42. The van der Waals surface area contributed by atoms with Crippen molar-refractivity contribution < 1.29 is 14.5 Å². The molecule has 1 aromatic carbocycles. The van der Waals surface area contributed by atoms with Crippen molar-refractivity contribution >= 4 is 23.2 Å². The number of amides is 1. The van der Waals surface area contributed by atoms with Crippen LogP contribution in [0.2, 0.25) is 5.02 Å². The minimum Gasteiger partial charge on any atom is -0.460 e. The first-order valence-electron chi connectivity index (χ1n) is 8.21. The highest BCUT2D eigenvalue weighted by atomic mass is 35.5. The summed E-state index contributed by atoms with van der Waals surface area (Å²) in [6, 6.07) is 6.16. The van der Waals surface area contributed by atoms with Crippen LogP contribution in [0, 0.1) is 10.1 Å². The zero-order chi connectivity index (χ0) is 18.5. The number of rotatable bonds is 5. The van der Waals surface area contributed by atoms with Crippen LogP contribution in [-0.2, 0) is 0 Å². The van der Waals surface area contributed by atoms with Crippen LogP contribution in [0.5, 0.6) is 6.01 Å². The Morgan fingerprint density at radius 1 is 1.19 bits per heavy atom. The van der Waals surface area contributed by atoms with Crippen LogP contribution in [-0.4, -0.2) is 32.9 Å². The van der Waals surface area contributed by atoms with E-state index in [9.17, 15) is 14.9 Å². The van der Waals surface area contributed by atoms with Gasteiger partial charge in [-0.1, -0.05) is 23.7 Å². The SMILES string of the molecule is O=C(NC1CCC(Oc2ncc(Cl)cn2)CC1)c1ccccc1[N+](=O)[O-]. The Morgan fingerprint density at radius 3 is 2.50 bits per heavy atom. The Morgan fingerprint density at radius 2 is 1.85 bits per heavy atom. The van der Waals surface area contributed by atoms with Crippen LogP contribution in [0.3, 0.4) is 0 Å². The molecule has 1 saturated carbocycles. The van der Waals surface area contributed by atoms with Crippen LogP contribution in [0.4, 0.5) is 5.69 Å². The first-order valence-corrected chi connectivity index (χ1v) is 8.59. The second kappa shape index (κ2) is 8.09. The molecule has 0 bridgehead atoms. The second-order valence-corrected chi connectivity index (χ2v) is 6.46. The van der Waals surface area contributed by atoms with Crippen molar-refractivity contribution in [3.63, 3.8) is 0 Å². The van der Waals surface area contributed by atoms with E-state index >= 15 is 0 Å². The van der Waals surface area contributed by atoms with Crippen LogP contribution in [0.1, 0.15) is 36.0 Å². The van der Waals surface area contributed by atoms with Gasteiger partial charge in [0, 0.05) is 12.1 Å². The maximum atomic E-state index is 12.4. The van der Waals surface area contributed by atoms with Crippen molar-refractivity contribution in [1.82, 2.24) is 15.3 Å². The molecule has 1 aliphatic carbocycles. The van der Waals surface area contributed by atoms with Crippen molar-refractivity contribution in [3.05, 3.63) is 57.4 Å². The van der Waals surface area contributed by atoms with E-state index in [2.05, 4.69) is 15.3 Å². The van der Waals surface area contributed by atoms with E-state index in [1.807, 2.05) is 0 Å².